The monoisotopic (exact) mass is 459 g/mol. The summed E-state index contributed by atoms with van der Waals surface area (Å²) in [5.41, 5.74) is 4.40. The number of halogens is 3. The lowest BCUT2D eigenvalue weighted by Crippen LogP contribution is -2.32. The normalized spacial score (nSPS) is 25.5. The molecule has 5 rings (SSSR count). The predicted molar refractivity (Wildman–Crippen MR) is 120 cm³/mol. The molecule has 178 valence electrons. The number of alkyl halides is 3. The van der Waals surface area contributed by atoms with Gasteiger partial charge in [-0.15, -0.1) is 0 Å². The number of hydrogen-bond donors (Lipinski definition) is 1. The largest absolute Gasteiger partial charge is 0.416 e. The fourth-order valence-corrected chi connectivity index (χ4v) is 6.26. The van der Waals surface area contributed by atoms with Gasteiger partial charge in [0.05, 0.1) is 17.3 Å². The summed E-state index contributed by atoms with van der Waals surface area (Å²) in [6.45, 7) is 8.53. The van der Waals surface area contributed by atoms with Gasteiger partial charge in [0.1, 0.15) is 6.10 Å². The number of benzene rings is 1. The maximum absolute atomic E-state index is 13.2. The number of nitrogens with zero attached hydrogens (tertiary/aromatic N) is 1. The van der Waals surface area contributed by atoms with E-state index < -0.39 is 29.5 Å². The van der Waals surface area contributed by atoms with Gasteiger partial charge in [0, 0.05) is 22.5 Å². The maximum Gasteiger partial charge on any atom is 0.416 e. The van der Waals surface area contributed by atoms with Crippen LogP contribution in [-0.2, 0) is 22.9 Å². The molecule has 0 bridgehead atoms. The molecule has 0 unspecified atom stereocenters. The fraction of sp³-hybridized carbons (Fsp3) is 0.593. The molecule has 0 radical (unpaired) electrons. The molecule has 2 atom stereocenters. The van der Waals surface area contributed by atoms with Gasteiger partial charge in [-0.05, 0) is 60.3 Å². The molecular weight excluding hydrogens is 427 g/mol. The van der Waals surface area contributed by atoms with Gasteiger partial charge >= 0.3 is 6.18 Å². The van der Waals surface area contributed by atoms with Crippen molar-refractivity contribution in [1.82, 2.24) is 4.98 Å². The zero-order chi connectivity index (χ0) is 23.8. The Morgan fingerprint density at radius 1 is 1.06 bits per heavy atom. The van der Waals surface area contributed by atoms with E-state index >= 15 is 0 Å². The highest BCUT2D eigenvalue weighted by Crippen LogP contribution is 2.59. The molecule has 3 aliphatic rings. The standard InChI is InChI=1S/C27H32F3NO2/c1-15(2)23-21-22(20-18(31-23)13-25(3,4)14-19(20)32)26(11-5-6-12-26)33-24(21)16-7-9-17(10-8-16)27(28,29)30/h7-10,15,19,24,32H,5-6,11-14H2,1-4H3/t19-,24+/m1/s1. The second-order valence-electron chi connectivity index (χ2n) is 11.2. The molecule has 2 aliphatic carbocycles. The number of fused-ring (bicyclic) bond motifs is 4. The molecule has 0 amide bonds. The number of aromatic nitrogens is 1. The van der Waals surface area contributed by atoms with E-state index in [1.54, 1.807) is 0 Å². The Balaban J connectivity index is 1.73. The lowest BCUT2D eigenvalue weighted by Gasteiger charge is -2.38. The van der Waals surface area contributed by atoms with E-state index in [9.17, 15) is 18.3 Å². The summed E-state index contributed by atoms with van der Waals surface area (Å²) in [5.74, 6) is 0.128. The minimum absolute atomic E-state index is 0.0446. The summed E-state index contributed by atoms with van der Waals surface area (Å²) in [4.78, 5) is 5.10. The molecule has 1 spiro atoms. The predicted octanol–water partition coefficient (Wildman–Crippen LogP) is 7.12. The third-order valence-electron chi connectivity index (χ3n) is 7.67. The highest BCUT2D eigenvalue weighted by Gasteiger charge is 2.52. The molecule has 1 saturated carbocycles. The number of aliphatic hydroxyl groups is 1. The van der Waals surface area contributed by atoms with E-state index in [1.807, 2.05) is 0 Å². The van der Waals surface area contributed by atoms with Crippen LogP contribution in [0, 0.1) is 5.41 Å². The van der Waals surface area contributed by atoms with Gasteiger partial charge < -0.3 is 9.84 Å². The average Bonchev–Trinajstić information content (AvgIpc) is 3.31. The molecule has 33 heavy (non-hydrogen) atoms. The quantitative estimate of drug-likeness (QED) is 0.520. The van der Waals surface area contributed by atoms with E-state index in [0.717, 1.165) is 72.3 Å². The Bertz CT molecular complexity index is 1070. The Morgan fingerprint density at radius 2 is 1.70 bits per heavy atom. The lowest BCUT2D eigenvalue weighted by atomic mass is 9.70. The SMILES string of the molecule is CC(C)c1nc2c(c3c1[C@H](c1ccc(C(F)(F)F)cc1)OC31CCCC1)[C@H](O)CC(C)(C)C2. The first-order chi connectivity index (χ1) is 15.4. The summed E-state index contributed by atoms with van der Waals surface area (Å²) in [6.07, 6.45) is -0.202. The minimum atomic E-state index is -4.37. The summed E-state index contributed by atoms with van der Waals surface area (Å²) >= 11 is 0. The Labute approximate surface area is 193 Å². The van der Waals surface area contributed by atoms with E-state index in [-0.39, 0.29) is 11.3 Å². The van der Waals surface area contributed by atoms with Crippen LogP contribution in [0.5, 0.6) is 0 Å². The number of rotatable bonds is 2. The fourth-order valence-electron chi connectivity index (χ4n) is 6.26. The van der Waals surface area contributed by atoms with Crippen LogP contribution in [0.2, 0.25) is 0 Å². The zero-order valence-electron chi connectivity index (χ0n) is 19.7. The lowest BCUT2D eigenvalue weighted by molar-refractivity contribution is -0.137. The van der Waals surface area contributed by atoms with Gasteiger partial charge in [0.25, 0.3) is 0 Å². The summed E-state index contributed by atoms with van der Waals surface area (Å²) < 4.78 is 46.3. The zero-order valence-corrected chi connectivity index (χ0v) is 19.7. The molecular formula is C27H32F3NO2. The third kappa shape index (κ3) is 3.70. The Morgan fingerprint density at radius 3 is 2.27 bits per heavy atom. The van der Waals surface area contributed by atoms with Crippen LogP contribution >= 0.6 is 0 Å². The second-order valence-corrected chi connectivity index (χ2v) is 11.2. The van der Waals surface area contributed by atoms with Crippen molar-refractivity contribution in [2.24, 2.45) is 5.41 Å². The molecule has 2 heterocycles. The van der Waals surface area contributed by atoms with Crippen LogP contribution in [-0.4, -0.2) is 10.1 Å². The number of aliphatic hydroxyl groups excluding tert-OH is 1. The molecule has 3 nitrogen and oxygen atoms in total. The van der Waals surface area contributed by atoms with Crippen molar-refractivity contribution < 1.29 is 23.0 Å². The second kappa shape index (κ2) is 7.54. The van der Waals surface area contributed by atoms with Crippen molar-refractivity contribution in [3.63, 3.8) is 0 Å². The summed E-state index contributed by atoms with van der Waals surface area (Å²) in [6, 6.07) is 5.34. The summed E-state index contributed by atoms with van der Waals surface area (Å²) in [7, 11) is 0. The smallest absolute Gasteiger partial charge is 0.388 e. The molecule has 6 heteroatoms. The van der Waals surface area contributed by atoms with Gasteiger partial charge in [-0.2, -0.15) is 13.2 Å². The Kier molecular flexibility index (Phi) is 5.22. The first kappa shape index (κ1) is 22.9. The van der Waals surface area contributed by atoms with Crippen molar-refractivity contribution in [1.29, 1.82) is 0 Å². The number of pyridine rings is 1. The topological polar surface area (TPSA) is 42.4 Å². The highest BCUT2D eigenvalue weighted by atomic mass is 19.4. The van der Waals surface area contributed by atoms with Crippen molar-refractivity contribution in [2.45, 2.75) is 96.1 Å². The van der Waals surface area contributed by atoms with Gasteiger partial charge in [0.2, 0.25) is 0 Å². The van der Waals surface area contributed by atoms with Crippen LogP contribution in [0.4, 0.5) is 13.2 Å². The van der Waals surface area contributed by atoms with E-state index in [2.05, 4.69) is 27.7 Å². The summed E-state index contributed by atoms with van der Waals surface area (Å²) in [5, 5.41) is 11.3. The third-order valence-corrected chi connectivity index (χ3v) is 7.67. The average molecular weight is 460 g/mol. The minimum Gasteiger partial charge on any atom is -0.388 e. The van der Waals surface area contributed by atoms with E-state index in [0.29, 0.717) is 12.0 Å². The highest BCUT2D eigenvalue weighted by molar-refractivity contribution is 5.54. The molecule has 1 fully saturated rings. The maximum atomic E-state index is 13.2. The number of hydrogen-bond acceptors (Lipinski definition) is 3. The molecule has 1 aliphatic heterocycles. The molecule has 2 aromatic rings. The molecule has 1 aromatic carbocycles. The van der Waals surface area contributed by atoms with Crippen molar-refractivity contribution >= 4 is 0 Å². The molecule has 1 aromatic heterocycles. The van der Waals surface area contributed by atoms with Crippen molar-refractivity contribution in [3.8, 4) is 0 Å². The van der Waals surface area contributed by atoms with Crippen LogP contribution in [0.1, 0.15) is 117 Å². The molecule has 0 saturated heterocycles. The van der Waals surface area contributed by atoms with Gasteiger partial charge in [-0.1, -0.05) is 52.7 Å². The van der Waals surface area contributed by atoms with E-state index in [1.165, 1.54) is 12.1 Å². The first-order valence-electron chi connectivity index (χ1n) is 12.0. The van der Waals surface area contributed by atoms with Crippen LogP contribution in [0.15, 0.2) is 24.3 Å². The van der Waals surface area contributed by atoms with Crippen molar-refractivity contribution in [2.75, 3.05) is 0 Å². The van der Waals surface area contributed by atoms with Gasteiger partial charge in [0.15, 0.2) is 0 Å². The first-order valence-corrected chi connectivity index (χ1v) is 12.0. The van der Waals surface area contributed by atoms with Gasteiger partial charge in [-0.3, -0.25) is 4.98 Å². The van der Waals surface area contributed by atoms with Gasteiger partial charge in [-0.25, -0.2) is 0 Å². The number of ether oxygens (including phenoxy) is 1. The van der Waals surface area contributed by atoms with Crippen LogP contribution < -0.4 is 0 Å². The van der Waals surface area contributed by atoms with Crippen LogP contribution in [0.3, 0.4) is 0 Å². The van der Waals surface area contributed by atoms with Crippen molar-refractivity contribution in [3.05, 3.63) is 63.5 Å². The Hall–Kier alpha value is -1.92. The van der Waals surface area contributed by atoms with E-state index in [4.69, 9.17) is 9.72 Å². The van der Waals surface area contributed by atoms with Crippen LogP contribution in [0.25, 0.3) is 0 Å². The molecule has 1 N–H and O–H groups in total.